The molecule has 1 unspecified atom stereocenters. The molecule has 0 aliphatic rings. The van der Waals surface area contributed by atoms with Crippen molar-refractivity contribution >= 4 is 29.9 Å². The Bertz CT molecular complexity index is 765. The third kappa shape index (κ3) is 11.6. The van der Waals surface area contributed by atoms with E-state index in [1.54, 1.807) is 12.1 Å². The van der Waals surface area contributed by atoms with Gasteiger partial charge in [-0.2, -0.15) is 8.78 Å². The molecule has 0 saturated heterocycles. The average Bonchev–Trinajstić information content (AvgIpc) is 2.77. The summed E-state index contributed by atoms with van der Waals surface area (Å²) in [7, 11) is 0. The SMILES string of the molecule is CCNC(=NCC(O)c1ccc(OC(F)F)cc1)NCCCOCCc1ccccc1.I. The highest BCUT2D eigenvalue weighted by Crippen LogP contribution is 2.19. The fourth-order valence-electron chi connectivity index (χ4n) is 2.81. The molecule has 2 aromatic rings. The van der Waals surface area contributed by atoms with E-state index in [1.807, 2.05) is 25.1 Å². The maximum atomic E-state index is 12.2. The first-order valence-corrected chi connectivity index (χ1v) is 10.4. The number of ether oxygens (including phenoxy) is 2. The summed E-state index contributed by atoms with van der Waals surface area (Å²) in [5.41, 5.74) is 1.84. The Labute approximate surface area is 205 Å². The Hall–Kier alpha value is -1.98. The Morgan fingerprint density at radius 2 is 1.75 bits per heavy atom. The van der Waals surface area contributed by atoms with Crippen LogP contribution in [-0.2, 0) is 11.2 Å². The molecule has 0 bridgehead atoms. The maximum Gasteiger partial charge on any atom is 0.387 e. The lowest BCUT2D eigenvalue weighted by atomic mass is 10.1. The van der Waals surface area contributed by atoms with Crippen molar-refractivity contribution in [1.82, 2.24) is 10.6 Å². The first-order chi connectivity index (χ1) is 15.1. The van der Waals surface area contributed by atoms with Crippen molar-refractivity contribution in [3.8, 4) is 5.75 Å². The summed E-state index contributed by atoms with van der Waals surface area (Å²) in [5, 5.41) is 16.6. The highest BCUT2D eigenvalue weighted by atomic mass is 127. The van der Waals surface area contributed by atoms with Gasteiger partial charge in [0.1, 0.15) is 5.75 Å². The molecule has 3 N–H and O–H groups in total. The highest BCUT2D eigenvalue weighted by molar-refractivity contribution is 14.0. The van der Waals surface area contributed by atoms with Crippen LogP contribution in [0.4, 0.5) is 8.78 Å². The number of rotatable bonds is 13. The van der Waals surface area contributed by atoms with Gasteiger partial charge in [-0.05, 0) is 43.0 Å². The number of hydrogen-bond acceptors (Lipinski definition) is 4. The molecule has 0 spiro atoms. The fourth-order valence-corrected chi connectivity index (χ4v) is 2.81. The monoisotopic (exact) mass is 563 g/mol. The molecule has 9 heteroatoms. The quantitative estimate of drug-likeness (QED) is 0.148. The number of aliphatic hydroxyl groups excluding tert-OH is 1. The van der Waals surface area contributed by atoms with Crippen LogP contribution in [0.2, 0.25) is 0 Å². The highest BCUT2D eigenvalue weighted by Gasteiger charge is 2.09. The van der Waals surface area contributed by atoms with Gasteiger partial charge in [-0.15, -0.1) is 24.0 Å². The molecule has 178 valence electrons. The number of guanidine groups is 1. The minimum absolute atomic E-state index is 0. The predicted molar refractivity (Wildman–Crippen MR) is 133 cm³/mol. The van der Waals surface area contributed by atoms with Crippen molar-refractivity contribution in [3.05, 3.63) is 65.7 Å². The molecule has 0 aliphatic carbocycles. The van der Waals surface area contributed by atoms with Gasteiger partial charge in [-0.25, -0.2) is 0 Å². The van der Waals surface area contributed by atoms with Crippen LogP contribution in [0, 0.1) is 0 Å². The number of benzene rings is 2. The van der Waals surface area contributed by atoms with Gasteiger partial charge in [-0.3, -0.25) is 4.99 Å². The Morgan fingerprint density at radius 1 is 1.03 bits per heavy atom. The van der Waals surface area contributed by atoms with Crippen molar-refractivity contribution in [2.24, 2.45) is 4.99 Å². The first kappa shape index (κ1) is 28.1. The predicted octanol–water partition coefficient (Wildman–Crippen LogP) is 4.14. The second-order valence-corrected chi connectivity index (χ2v) is 6.81. The number of alkyl halides is 2. The van der Waals surface area contributed by atoms with Gasteiger partial charge in [0, 0.05) is 19.7 Å². The zero-order valence-electron chi connectivity index (χ0n) is 18.2. The smallest absolute Gasteiger partial charge is 0.387 e. The van der Waals surface area contributed by atoms with Crippen LogP contribution in [0.3, 0.4) is 0 Å². The second-order valence-electron chi connectivity index (χ2n) is 6.81. The summed E-state index contributed by atoms with van der Waals surface area (Å²) in [6.45, 7) is 1.94. The van der Waals surface area contributed by atoms with Gasteiger partial charge in [0.2, 0.25) is 0 Å². The van der Waals surface area contributed by atoms with Crippen LogP contribution in [0.15, 0.2) is 59.6 Å². The van der Waals surface area contributed by atoms with E-state index in [0.717, 1.165) is 12.8 Å². The van der Waals surface area contributed by atoms with E-state index in [1.165, 1.54) is 17.7 Å². The van der Waals surface area contributed by atoms with E-state index in [0.29, 0.717) is 37.8 Å². The van der Waals surface area contributed by atoms with E-state index in [2.05, 4.69) is 32.5 Å². The van der Waals surface area contributed by atoms with E-state index < -0.39 is 12.7 Å². The zero-order valence-corrected chi connectivity index (χ0v) is 20.5. The van der Waals surface area contributed by atoms with Crippen LogP contribution < -0.4 is 15.4 Å². The standard InChI is InChI=1S/C23H31F2N3O3.HI/c1-2-26-23(27-14-6-15-30-16-13-18-7-4-3-5-8-18)28-17-21(29)19-9-11-20(12-10-19)31-22(24)25;/h3-5,7-12,21-22,29H,2,6,13-17H2,1H3,(H2,26,27,28);1H. The van der Waals surface area contributed by atoms with Crippen LogP contribution in [-0.4, -0.2) is 50.5 Å². The third-order valence-corrected chi connectivity index (χ3v) is 4.39. The van der Waals surface area contributed by atoms with E-state index in [4.69, 9.17) is 4.74 Å². The lowest BCUT2D eigenvalue weighted by molar-refractivity contribution is -0.0498. The van der Waals surface area contributed by atoms with E-state index >= 15 is 0 Å². The van der Waals surface area contributed by atoms with Gasteiger partial charge < -0.3 is 25.2 Å². The normalized spacial score (nSPS) is 12.2. The maximum absolute atomic E-state index is 12.2. The summed E-state index contributed by atoms with van der Waals surface area (Å²) in [6, 6.07) is 16.1. The van der Waals surface area contributed by atoms with E-state index in [9.17, 15) is 13.9 Å². The molecule has 2 rings (SSSR count). The third-order valence-electron chi connectivity index (χ3n) is 4.39. The summed E-state index contributed by atoms with van der Waals surface area (Å²) in [4.78, 5) is 4.39. The largest absolute Gasteiger partial charge is 0.435 e. The molecule has 0 saturated carbocycles. The van der Waals surface area contributed by atoms with Crippen LogP contribution >= 0.6 is 24.0 Å². The molecular formula is C23H32F2IN3O3. The van der Waals surface area contributed by atoms with Crippen molar-refractivity contribution in [1.29, 1.82) is 0 Å². The number of aliphatic imine (C=N–C) groups is 1. The lowest BCUT2D eigenvalue weighted by Crippen LogP contribution is -2.38. The molecule has 0 aliphatic heterocycles. The van der Waals surface area contributed by atoms with Gasteiger partial charge in [-0.1, -0.05) is 42.5 Å². The Morgan fingerprint density at radius 3 is 2.41 bits per heavy atom. The minimum Gasteiger partial charge on any atom is -0.435 e. The Kier molecular flexibility index (Phi) is 14.6. The minimum atomic E-state index is -2.87. The zero-order chi connectivity index (χ0) is 22.3. The van der Waals surface area contributed by atoms with Gasteiger partial charge in [0.25, 0.3) is 0 Å². The molecule has 6 nitrogen and oxygen atoms in total. The van der Waals surface area contributed by atoms with Crippen LogP contribution in [0.25, 0.3) is 0 Å². The average molecular weight is 563 g/mol. The topological polar surface area (TPSA) is 75.1 Å². The summed E-state index contributed by atoms with van der Waals surface area (Å²) in [5.74, 6) is 0.652. The molecule has 32 heavy (non-hydrogen) atoms. The van der Waals surface area contributed by atoms with E-state index in [-0.39, 0.29) is 36.3 Å². The molecule has 0 amide bonds. The first-order valence-electron chi connectivity index (χ1n) is 10.4. The number of hydrogen-bond donors (Lipinski definition) is 3. The summed E-state index contributed by atoms with van der Waals surface area (Å²) in [6.07, 6.45) is 0.871. The fraction of sp³-hybridized carbons (Fsp3) is 0.435. The van der Waals surface area contributed by atoms with Gasteiger partial charge in [0.15, 0.2) is 5.96 Å². The van der Waals surface area contributed by atoms with Crippen molar-refractivity contribution in [3.63, 3.8) is 0 Å². The molecule has 0 fully saturated rings. The number of nitrogens with zero attached hydrogens (tertiary/aromatic N) is 1. The second kappa shape index (κ2) is 16.6. The molecule has 0 aromatic heterocycles. The summed E-state index contributed by atoms with van der Waals surface area (Å²) >= 11 is 0. The van der Waals surface area contributed by atoms with Crippen LogP contribution in [0.5, 0.6) is 5.75 Å². The lowest BCUT2D eigenvalue weighted by Gasteiger charge is -2.14. The van der Waals surface area contributed by atoms with Gasteiger partial charge in [0.05, 0.1) is 19.3 Å². The van der Waals surface area contributed by atoms with Gasteiger partial charge >= 0.3 is 6.61 Å². The molecule has 0 radical (unpaired) electrons. The number of nitrogens with one attached hydrogen (secondary N) is 2. The summed E-state index contributed by atoms with van der Waals surface area (Å²) < 4.78 is 34.4. The van der Waals surface area contributed by atoms with Crippen molar-refractivity contribution in [2.45, 2.75) is 32.5 Å². The molecule has 2 aromatic carbocycles. The van der Waals surface area contributed by atoms with Crippen molar-refractivity contribution < 1.29 is 23.4 Å². The molecular weight excluding hydrogens is 531 g/mol. The molecule has 0 heterocycles. The van der Waals surface area contributed by atoms with Crippen LogP contribution in [0.1, 0.15) is 30.6 Å². The Balaban J connectivity index is 0.00000512. The number of aliphatic hydroxyl groups is 1. The van der Waals surface area contributed by atoms with Crippen molar-refractivity contribution in [2.75, 3.05) is 32.8 Å². The number of halogens is 3. The molecule has 1 atom stereocenters.